The van der Waals surface area contributed by atoms with Gasteiger partial charge >= 0.3 is 0 Å². The summed E-state index contributed by atoms with van der Waals surface area (Å²) in [4.78, 5) is 14.8. The molecule has 3 aromatic rings. The summed E-state index contributed by atoms with van der Waals surface area (Å²) < 4.78 is 19.4. The molecule has 0 amide bonds. The largest absolute Gasteiger partial charge is 0.378 e. The first kappa shape index (κ1) is 21.8. The van der Waals surface area contributed by atoms with Crippen LogP contribution in [0.2, 0.25) is 0 Å². The van der Waals surface area contributed by atoms with Crippen LogP contribution in [0.3, 0.4) is 0 Å². The molecule has 6 rings (SSSR count). The highest BCUT2D eigenvalue weighted by molar-refractivity contribution is 6.00. The Kier molecular flexibility index (Phi) is 6.07. The number of fused-ring (bicyclic) bond motifs is 1. The van der Waals surface area contributed by atoms with Crippen molar-refractivity contribution in [3.63, 3.8) is 0 Å². The molecule has 0 aromatic carbocycles. The summed E-state index contributed by atoms with van der Waals surface area (Å²) in [5, 5.41) is 5.73. The highest BCUT2D eigenvalue weighted by Crippen LogP contribution is 2.37. The Hall–Kier alpha value is -2.75. The van der Waals surface area contributed by atoms with Crippen molar-refractivity contribution >= 4 is 22.4 Å². The average Bonchev–Trinajstić information content (AvgIpc) is 3.39. The Morgan fingerprint density at radius 3 is 2.68 bits per heavy atom. The third-order valence-corrected chi connectivity index (χ3v) is 7.05. The van der Waals surface area contributed by atoms with Crippen LogP contribution in [0, 0.1) is 0 Å². The van der Waals surface area contributed by atoms with Crippen molar-refractivity contribution in [2.24, 2.45) is 0 Å². The monoisotopic (exact) mass is 464 g/mol. The maximum atomic E-state index is 6.06. The lowest BCUT2D eigenvalue weighted by Crippen LogP contribution is -2.44. The van der Waals surface area contributed by atoms with Gasteiger partial charge in [-0.1, -0.05) is 0 Å². The molecule has 3 fully saturated rings. The number of rotatable bonds is 4. The number of morpholine rings is 2. The van der Waals surface area contributed by atoms with E-state index in [2.05, 4.69) is 34.0 Å². The van der Waals surface area contributed by atoms with E-state index in [4.69, 9.17) is 24.2 Å². The van der Waals surface area contributed by atoms with Crippen molar-refractivity contribution in [2.75, 3.05) is 62.5 Å². The summed E-state index contributed by atoms with van der Waals surface area (Å²) in [6.07, 6.45) is 6.88. The number of anilines is 2. The number of aromatic nitrogens is 4. The van der Waals surface area contributed by atoms with E-state index in [0.29, 0.717) is 13.2 Å². The van der Waals surface area contributed by atoms with Gasteiger partial charge in [-0.15, -0.1) is 0 Å². The maximum Gasteiger partial charge on any atom is 0.150 e. The van der Waals surface area contributed by atoms with Gasteiger partial charge in [0.05, 0.1) is 37.8 Å². The molecule has 180 valence electrons. The molecule has 0 spiro atoms. The van der Waals surface area contributed by atoms with Crippen LogP contribution in [-0.4, -0.2) is 78.5 Å². The summed E-state index contributed by atoms with van der Waals surface area (Å²) in [6, 6.07) is 6.64. The van der Waals surface area contributed by atoms with Gasteiger partial charge in [0.15, 0.2) is 6.23 Å². The van der Waals surface area contributed by atoms with E-state index in [0.717, 1.165) is 86.8 Å². The smallest absolute Gasteiger partial charge is 0.150 e. The van der Waals surface area contributed by atoms with Crippen LogP contribution in [0.15, 0.2) is 30.6 Å². The summed E-state index contributed by atoms with van der Waals surface area (Å²) in [5.41, 5.74) is 3.88. The minimum Gasteiger partial charge on any atom is -0.378 e. The average molecular weight is 465 g/mol. The highest BCUT2D eigenvalue weighted by Gasteiger charge is 2.26. The minimum atomic E-state index is -0.0584. The lowest BCUT2D eigenvalue weighted by molar-refractivity contribution is -0.0383. The number of pyridine rings is 2. The maximum absolute atomic E-state index is 6.06. The van der Waals surface area contributed by atoms with Gasteiger partial charge in [-0.3, -0.25) is 4.98 Å². The van der Waals surface area contributed by atoms with Crippen LogP contribution in [0.5, 0.6) is 0 Å². The van der Waals surface area contributed by atoms with Crippen molar-refractivity contribution in [3.8, 4) is 11.4 Å². The van der Waals surface area contributed by atoms with Gasteiger partial charge in [0.2, 0.25) is 0 Å². The summed E-state index contributed by atoms with van der Waals surface area (Å²) >= 11 is 0. The molecule has 9 heteroatoms. The Labute approximate surface area is 199 Å². The predicted octanol–water partition coefficient (Wildman–Crippen LogP) is 3.25. The first-order valence-electron chi connectivity index (χ1n) is 12.4. The van der Waals surface area contributed by atoms with Gasteiger partial charge < -0.3 is 24.0 Å². The van der Waals surface area contributed by atoms with Crippen molar-refractivity contribution in [2.45, 2.75) is 38.5 Å². The van der Waals surface area contributed by atoms with Gasteiger partial charge in [-0.2, -0.15) is 5.10 Å². The molecule has 0 N–H and O–H groups in total. The van der Waals surface area contributed by atoms with Crippen molar-refractivity contribution < 1.29 is 14.2 Å². The first-order valence-corrected chi connectivity index (χ1v) is 12.4. The fraction of sp³-hybridized carbons (Fsp3) is 0.560. The lowest BCUT2D eigenvalue weighted by Gasteiger charge is -2.37. The summed E-state index contributed by atoms with van der Waals surface area (Å²) in [6.45, 7) is 8.39. The van der Waals surface area contributed by atoms with Gasteiger partial charge in [0, 0.05) is 56.1 Å². The second kappa shape index (κ2) is 9.48. The van der Waals surface area contributed by atoms with Crippen molar-refractivity contribution in [3.05, 3.63) is 30.6 Å². The Balaban J connectivity index is 1.51. The van der Waals surface area contributed by atoms with Crippen LogP contribution in [0.25, 0.3) is 22.3 Å². The van der Waals surface area contributed by atoms with E-state index in [1.165, 1.54) is 5.69 Å². The lowest BCUT2D eigenvalue weighted by atomic mass is 10.1. The third kappa shape index (κ3) is 4.01. The molecule has 0 aliphatic carbocycles. The van der Waals surface area contributed by atoms with E-state index in [-0.39, 0.29) is 12.3 Å². The van der Waals surface area contributed by atoms with Crippen molar-refractivity contribution in [1.29, 1.82) is 0 Å². The molecular weight excluding hydrogens is 432 g/mol. The molecule has 9 nitrogen and oxygen atoms in total. The molecule has 3 aliphatic heterocycles. The standard InChI is InChI=1S/C25H32N6O3/c1-18-17-33-15-11-30(18)21-16-22(29-9-13-32-14-10-29)28-24-19(21)5-7-26-25(24)20-6-8-27-31(20)23-4-2-3-12-34-23/h5-8,16,18,23H,2-4,9-15,17H2,1H3. The Morgan fingerprint density at radius 1 is 0.971 bits per heavy atom. The van der Waals surface area contributed by atoms with Gasteiger partial charge in [-0.05, 0) is 38.3 Å². The van der Waals surface area contributed by atoms with Gasteiger partial charge in [0.1, 0.15) is 17.0 Å². The van der Waals surface area contributed by atoms with E-state index >= 15 is 0 Å². The molecule has 2 atom stereocenters. The van der Waals surface area contributed by atoms with E-state index in [1.54, 1.807) is 0 Å². The van der Waals surface area contributed by atoms with Crippen LogP contribution >= 0.6 is 0 Å². The highest BCUT2D eigenvalue weighted by atomic mass is 16.5. The molecule has 3 saturated heterocycles. The molecule has 3 aromatic heterocycles. The predicted molar refractivity (Wildman–Crippen MR) is 130 cm³/mol. The van der Waals surface area contributed by atoms with Crippen LogP contribution in [0.1, 0.15) is 32.4 Å². The molecular formula is C25H32N6O3. The quantitative estimate of drug-likeness (QED) is 0.582. The van der Waals surface area contributed by atoms with Gasteiger partial charge in [0.25, 0.3) is 0 Å². The SMILES string of the molecule is CC1COCCN1c1cc(N2CCOCC2)nc2c(-c3ccnn3C3CCCCO3)nccc12. The molecule has 0 bridgehead atoms. The zero-order chi connectivity index (χ0) is 22.9. The second-order valence-corrected chi connectivity index (χ2v) is 9.25. The zero-order valence-electron chi connectivity index (χ0n) is 19.7. The molecule has 34 heavy (non-hydrogen) atoms. The number of ether oxygens (including phenoxy) is 3. The molecule has 2 unspecified atom stereocenters. The van der Waals surface area contributed by atoms with Gasteiger partial charge in [-0.25, -0.2) is 9.67 Å². The van der Waals surface area contributed by atoms with Crippen molar-refractivity contribution in [1.82, 2.24) is 19.7 Å². The fourth-order valence-corrected chi connectivity index (χ4v) is 5.23. The molecule has 0 saturated carbocycles. The Morgan fingerprint density at radius 2 is 1.85 bits per heavy atom. The Bertz CT molecular complexity index is 1140. The number of nitrogens with zero attached hydrogens (tertiary/aromatic N) is 6. The topological polar surface area (TPSA) is 77.8 Å². The number of hydrogen-bond donors (Lipinski definition) is 0. The van der Waals surface area contributed by atoms with Crippen LogP contribution in [-0.2, 0) is 14.2 Å². The van der Waals surface area contributed by atoms with Crippen LogP contribution in [0.4, 0.5) is 11.5 Å². The van der Waals surface area contributed by atoms with E-state index < -0.39 is 0 Å². The summed E-state index contributed by atoms with van der Waals surface area (Å²) in [5.74, 6) is 0.971. The molecule has 3 aliphatic rings. The normalized spacial score (nSPS) is 24.0. The summed E-state index contributed by atoms with van der Waals surface area (Å²) in [7, 11) is 0. The van der Waals surface area contributed by atoms with E-state index in [9.17, 15) is 0 Å². The minimum absolute atomic E-state index is 0.0584. The second-order valence-electron chi connectivity index (χ2n) is 9.25. The third-order valence-electron chi connectivity index (χ3n) is 7.05. The first-order chi connectivity index (χ1) is 16.8. The zero-order valence-corrected chi connectivity index (χ0v) is 19.7. The van der Waals surface area contributed by atoms with Crippen LogP contribution < -0.4 is 9.80 Å². The fourth-order valence-electron chi connectivity index (χ4n) is 5.23. The number of hydrogen-bond acceptors (Lipinski definition) is 8. The molecule has 0 radical (unpaired) electrons. The van der Waals surface area contributed by atoms with E-state index in [1.807, 2.05) is 23.1 Å². The molecule has 6 heterocycles.